The van der Waals surface area contributed by atoms with Crippen molar-refractivity contribution in [2.24, 2.45) is 0 Å². The summed E-state index contributed by atoms with van der Waals surface area (Å²) in [4.78, 5) is 28.9. The van der Waals surface area contributed by atoms with Crippen LogP contribution in [0.1, 0.15) is 47.3 Å². The van der Waals surface area contributed by atoms with Crippen LogP contribution >= 0.6 is 0 Å². The number of ether oxygens (including phenoxy) is 1. The van der Waals surface area contributed by atoms with Gasteiger partial charge in [0.25, 0.3) is 5.91 Å². The molecule has 2 amide bonds. The van der Waals surface area contributed by atoms with E-state index in [4.69, 9.17) is 4.74 Å². The number of halogens is 1. The summed E-state index contributed by atoms with van der Waals surface area (Å²) in [5.41, 5.74) is 2.15. The van der Waals surface area contributed by atoms with Crippen LogP contribution in [-0.2, 0) is 11.2 Å². The van der Waals surface area contributed by atoms with Gasteiger partial charge in [0.05, 0.1) is 17.7 Å². The molecule has 1 aliphatic rings. The third kappa shape index (κ3) is 6.19. The molecule has 1 aliphatic heterocycles. The average molecular weight is 487 g/mol. The second-order valence-electron chi connectivity index (χ2n) is 9.10. The van der Waals surface area contributed by atoms with Crippen molar-refractivity contribution in [2.45, 2.75) is 44.4 Å². The summed E-state index contributed by atoms with van der Waals surface area (Å²) in [6, 6.07) is 21.8. The number of carbonyl (C=O) groups excluding carboxylic acids is 2. The summed E-state index contributed by atoms with van der Waals surface area (Å²) in [6.45, 7) is 1.96. The zero-order valence-electron chi connectivity index (χ0n) is 20.6. The molecule has 36 heavy (non-hydrogen) atoms. The first-order valence-electron chi connectivity index (χ1n) is 12.2. The molecule has 0 fully saturated rings. The smallest absolute Gasteiger partial charge is 0.258 e. The molecule has 0 aromatic heterocycles. The predicted molar refractivity (Wildman–Crippen MR) is 138 cm³/mol. The average Bonchev–Trinajstić information content (AvgIpc) is 2.89. The number of benzene rings is 3. The molecule has 3 atom stereocenters. The number of carbonyl (C=O) groups is 2. The second kappa shape index (κ2) is 11.7. The Bertz CT molecular complexity index is 1210. The van der Waals surface area contributed by atoms with Gasteiger partial charge in [0, 0.05) is 19.9 Å². The van der Waals surface area contributed by atoms with E-state index in [-0.39, 0.29) is 29.8 Å². The Balaban J connectivity index is 1.73. The fraction of sp³-hybridized carbons (Fsp3) is 0.267. The van der Waals surface area contributed by atoms with Gasteiger partial charge in [0.1, 0.15) is 17.6 Å². The molecular formula is C30H31FN2O3. The molecule has 186 valence electrons. The van der Waals surface area contributed by atoms with Gasteiger partial charge in [0.15, 0.2) is 0 Å². The van der Waals surface area contributed by atoms with Crippen molar-refractivity contribution in [3.05, 3.63) is 114 Å². The van der Waals surface area contributed by atoms with Crippen LogP contribution in [0, 0.1) is 5.82 Å². The van der Waals surface area contributed by atoms with Crippen LogP contribution < -0.4 is 10.1 Å². The van der Waals surface area contributed by atoms with E-state index in [1.807, 2.05) is 55.5 Å². The fourth-order valence-electron chi connectivity index (χ4n) is 4.35. The lowest BCUT2D eigenvalue weighted by molar-refractivity contribution is -0.126. The van der Waals surface area contributed by atoms with Crippen LogP contribution in [0.5, 0.6) is 5.75 Å². The van der Waals surface area contributed by atoms with Gasteiger partial charge >= 0.3 is 0 Å². The predicted octanol–water partition coefficient (Wildman–Crippen LogP) is 5.48. The minimum atomic E-state index is -0.764. The van der Waals surface area contributed by atoms with Crippen LogP contribution in [0.4, 0.5) is 4.39 Å². The summed E-state index contributed by atoms with van der Waals surface area (Å²) in [7, 11) is 1.65. The maximum Gasteiger partial charge on any atom is 0.258 e. The van der Waals surface area contributed by atoms with Crippen LogP contribution in [0.2, 0.25) is 0 Å². The zero-order chi connectivity index (χ0) is 25.5. The molecule has 0 saturated heterocycles. The van der Waals surface area contributed by atoms with Gasteiger partial charge in [-0.15, -0.1) is 0 Å². The fourth-order valence-corrected chi connectivity index (χ4v) is 4.35. The second-order valence-corrected chi connectivity index (χ2v) is 9.10. The zero-order valence-corrected chi connectivity index (χ0v) is 20.6. The highest BCUT2D eigenvalue weighted by molar-refractivity contribution is 5.99. The summed E-state index contributed by atoms with van der Waals surface area (Å²) in [5, 5.41) is 3.13. The number of nitrogens with one attached hydrogen (secondary N) is 1. The Hall–Kier alpha value is -3.93. The standard InChI is InChI=1S/C30H31FN2O3/c1-21-10-6-8-14-26(23-16-18-24(31)19-17-23)32-29(34)27(20-22-11-4-3-5-12-22)33(2)30(35)25-13-7-9-15-28(25)36-21/h3-9,11-13,15-19,21,26-27H,10,14,20H2,1-2H3,(H,32,34)/b8-6-/t21-,26+,27-/m0/s1. The SMILES string of the molecule is C[C@H]1C/C=C\C[C@H](c2ccc(F)cc2)NC(=O)[C@H](Cc2ccccc2)N(C)C(=O)c2ccccc2O1. The largest absolute Gasteiger partial charge is 0.490 e. The monoisotopic (exact) mass is 486 g/mol. The minimum Gasteiger partial charge on any atom is -0.490 e. The quantitative estimate of drug-likeness (QED) is 0.499. The first-order chi connectivity index (χ1) is 17.4. The summed E-state index contributed by atoms with van der Waals surface area (Å²) in [6.07, 6.45) is 5.38. The van der Waals surface area contributed by atoms with Gasteiger partial charge in [-0.3, -0.25) is 9.59 Å². The Kier molecular flexibility index (Phi) is 8.16. The number of amides is 2. The van der Waals surface area contributed by atoms with Crippen molar-refractivity contribution in [3.8, 4) is 5.75 Å². The molecule has 0 aliphatic carbocycles. The number of fused-ring (bicyclic) bond motifs is 1. The van der Waals surface area contributed by atoms with Crippen LogP contribution in [-0.4, -0.2) is 35.9 Å². The Labute approximate surface area is 211 Å². The van der Waals surface area contributed by atoms with Gasteiger partial charge in [-0.25, -0.2) is 4.39 Å². The number of para-hydroxylation sites is 1. The van der Waals surface area contributed by atoms with Crippen LogP contribution in [0.15, 0.2) is 91.0 Å². The molecule has 1 N–H and O–H groups in total. The lowest BCUT2D eigenvalue weighted by Crippen LogP contribution is -2.49. The molecule has 0 spiro atoms. The normalized spacial score (nSPS) is 22.1. The molecule has 6 heteroatoms. The number of rotatable bonds is 3. The Morgan fingerprint density at radius 2 is 1.58 bits per heavy atom. The first-order valence-corrected chi connectivity index (χ1v) is 12.2. The van der Waals surface area contributed by atoms with Gasteiger partial charge in [-0.05, 0) is 48.7 Å². The number of likely N-dealkylation sites (N-methyl/N-ethyl adjacent to an activating group) is 1. The molecular weight excluding hydrogens is 455 g/mol. The van der Waals surface area contributed by atoms with Gasteiger partial charge in [-0.2, -0.15) is 0 Å². The minimum absolute atomic E-state index is 0.151. The molecule has 3 aromatic carbocycles. The lowest BCUT2D eigenvalue weighted by Gasteiger charge is -2.30. The van der Waals surface area contributed by atoms with E-state index in [9.17, 15) is 14.0 Å². The molecule has 3 aromatic rings. The lowest BCUT2D eigenvalue weighted by atomic mass is 9.99. The van der Waals surface area contributed by atoms with Crippen LogP contribution in [0.3, 0.4) is 0 Å². The van der Waals surface area contributed by atoms with Gasteiger partial charge in [-0.1, -0.05) is 66.7 Å². The van der Waals surface area contributed by atoms with E-state index in [1.54, 1.807) is 37.4 Å². The van der Waals surface area contributed by atoms with E-state index in [2.05, 4.69) is 5.32 Å². The summed E-state index contributed by atoms with van der Waals surface area (Å²) in [5.74, 6) is -0.408. The van der Waals surface area contributed by atoms with Crippen LogP contribution in [0.25, 0.3) is 0 Å². The number of hydrogen-bond donors (Lipinski definition) is 1. The molecule has 0 radical (unpaired) electrons. The molecule has 1 heterocycles. The molecule has 5 nitrogen and oxygen atoms in total. The maximum absolute atomic E-state index is 13.7. The van der Waals surface area contributed by atoms with E-state index in [0.29, 0.717) is 30.6 Å². The van der Waals surface area contributed by atoms with Crippen molar-refractivity contribution in [1.29, 1.82) is 0 Å². The van der Waals surface area contributed by atoms with Crippen molar-refractivity contribution in [1.82, 2.24) is 10.2 Å². The molecule has 0 bridgehead atoms. The Morgan fingerprint density at radius 1 is 0.917 bits per heavy atom. The molecule has 0 saturated carbocycles. The van der Waals surface area contributed by atoms with E-state index in [0.717, 1.165) is 11.1 Å². The third-order valence-electron chi connectivity index (χ3n) is 6.40. The van der Waals surface area contributed by atoms with Gasteiger partial charge in [0.2, 0.25) is 5.91 Å². The van der Waals surface area contributed by atoms with Crippen molar-refractivity contribution in [2.75, 3.05) is 7.05 Å². The highest BCUT2D eigenvalue weighted by Gasteiger charge is 2.31. The van der Waals surface area contributed by atoms with E-state index < -0.39 is 6.04 Å². The van der Waals surface area contributed by atoms with Crippen molar-refractivity contribution < 1.29 is 18.7 Å². The number of hydrogen-bond acceptors (Lipinski definition) is 3. The molecule has 4 rings (SSSR count). The topological polar surface area (TPSA) is 58.6 Å². The third-order valence-corrected chi connectivity index (χ3v) is 6.40. The summed E-state index contributed by atoms with van der Waals surface area (Å²) >= 11 is 0. The first kappa shape index (κ1) is 25.2. The molecule has 0 unspecified atom stereocenters. The van der Waals surface area contributed by atoms with Crippen molar-refractivity contribution in [3.63, 3.8) is 0 Å². The van der Waals surface area contributed by atoms with Gasteiger partial charge < -0.3 is 15.0 Å². The van der Waals surface area contributed by atoms with E-state index >= 15 is 0 Å². The Morgan fingerprint density at radius 3 is 2.33 bits per heavy atom. The highest BCUT2D eigenvalue weighted by atomic mass is 19.1. The van der Waals surface area contributed by atoms with Crippen molar-refractivity contribution >= 4 is 11.8 Å². The number of nitrogens with zero attached hydrogens (tertiary/aromatic N) is 1. The maximum atomic E-state index is 13.7. The van der Waals surface area contributed by atoms with E-state index in [1.165, 1.54) is 17.0 Å². The summed E-state index contributed by atoms with van der Waals surface area (Å²) < 4.78 is 19.7. The highest BCUT2D eigenvalue weighted by Crippen LogP contribution is 2.25.